The maximum absolute atomic E-state index is 13.1. The van der Waals surface area contributed by atoms with Crippen molar-refractivity contribution < 1.29 is 19.4 Å². The highest BCUT2D eigenvalue weighted by Crippen LogP contribution is 2.34. The number of anilines is 1. The summed E-state index contributed by atoms with van der Waals surface area (Å²) < 4.78 is 7.52. The van der Waals surface area contributed by atoms with Crippen molar-refractivity contribution in [3.63, 3.8) is 0 Å². The van der Waals surface area contributed by atoms with Crippen LogP contribution in [-0.4, -0.2) is 51.7 Å². The number of aliphatic carboxylic acids is 1. The molecule has 2 aromatic heterocycles. The second kappa shape index (κ2) is 10.2. The lowest BCUT2D eigenvalue weighted by Gasteiger charge is -2.15. The third-order valence-corrected chi connectivity index (χ3v) is 6.11. The average molecular weight is 492 g/mol. The number of nitrogens with two attached hydrogens (primary N) is 1. The molecule has 0 bridgehead atoms. The Hall–Kier alpha value is -4.18. The Morgan fingerprint density at radius 3 is 2.64 bits per heavy atom. The molecular weight excluding hydrogens is 462 g/mol. The Morgan fingerprint density at radius 1 is 1.22 bits per heavy atom. The van der Waals surface area contributed by atoms with Crippen LogP contribution in [0.25, 0.3) is 33.2 Å². The zero-order valence-corrected chi connectivity index (χ0v) is 20.5. The van der Waals surface area contributed by atoms with Crippen molar-refractivity contribution in [3.05, 3.63) is 52.4 Å². The van der Waals surface area contributed by atoms with Crippen molar-refractivity contribution >= 4 is 39.5 Å². The van der Waals surface area contributed by atoms with Crippen molar-refractivity contribution in [1.82, 2.24) is 14.5 Å². The Kier molecular flexibility index (Phi) is 7.07. The van der Waals surface area contributed by atoms with Crippen LogP contribution in [-0.2, 0) is 22.6 Å². The topological polar surface area (TPSA) is 144 Å². The molecule has 4 aromatic rings. The standard InChI is InChI=1S/C24H25N5O3.C2H4O2/c1-14(30)29-9-6-15-10-19-20(12-22(15)29)27-24(31)23(26-19)18-13-28(8-3-7-25)21-5-4-16(32-2)11-17(18)21;1-2(3)4/h4-5,10-13H,3,6-9,25H2,1-2H3,(H,27,31);1H3,(H,3,4). The first-order chi connectivity index (χ1) is 17.2. The first-order valence-electron chi connectivity index (χ1n) is 11.7. The second-order valence-electron chi connectivity index (χ2n) is 8.61. The van der Waals surface area contributed by atoms with Gasteiger partial charge in [0.1, 0.15) is 11.4 Å². The van der Waals surface area contributed by atoms with E-state index in [4.69, 9.17) is 25.4 Å². The number of hydrogen-bond donors (Lipinski definition) is 3. The molecule has 1 aliphatic heterocycles. The van der Waals surface area contributed by atoms with Crippen molar-refractivity contribution in [2.45, 2.75) is 33.2 Å². The minimum absolute atomic E-state index is 0.00531. The summed E-state index contributed by atoms with van der Waals surface area (Å²) in [6.45, 7) is 4.62. The molecule has 0 aliphatic carbocycles. The minimum atomic E-state index is -0.833. The highest BCUT2D eigenvalue weighted by Gasteiger charge is 2.24. The van der Waals surface area contributed by atoms with Gasteiger partial charge in [-0.3, -0.25) is 14.4 Å². The molecule has 4 N–H and O–H groups in total. The number of carbonyl (C=O) groups excluding carboxylic acids is 1. The number of aromatic nitrogens is 3. The SMILES string of the molecule is CC(=O)O.COc1ccc2c(c1)c(-c1nc3cc4c(cc3[nH]c1=O)N(C(C)=O)CC4)cn2CCCN. The van der Waals surface area contributed by atoms with Crippen LogP contribution in [0.3, 0.4) is 0 Å². The van der Waals surface area contributed by atoms with Crippen LogP contribution in [0, 0.1) is 0 Å². The van der Waals surface area contributed by atoms with E-state index in [-0.39, 0.29) is 11.5 Å². The van der Waals surface area contributed by atoms with Gasteiger partial charge in [-0.05, 0) is 55.3 Å². The zero-order chi connectivity index (χ0) is 26.0. The van der Waals surface area contributed by atoms with Crippen LogP contribution in [0.2, 0.25) is 0 Å². The van der Waals surface area contributed by atoms with Gasteiger partial charge in [0.15, 0.2) is 0 Å². The number of rotatable bonds is 5. The van der Waals surface area contributed by atoms with Gasteiger partial charge < -0.3 is 30.0 Å². The van der Waals surface area contributed by atoms with Gasteiger partial charge in [0.25, 0.3) is 11.5 Å². The first-order valence-corrected chi connectivity index (χ1v) is 11.7. The van der Waals surface area contributed by atoms with Crippen molar-refractivity contribution in [2.75, 3.05) is 25.1 Å². The summed E-state index contributed by atoms with van der Waals surface area (Å²) in [7, 11) is 1.62. The maximum Gasteiger partial charge on any atom is 0.300 e. The molecule has 188 valence electrons. The lowest BCUT2D eigenvalue weighted by molar-refractivity contribution is -0.134. The number of aryl methyl sites for hydroxylation is 1. The summed E-state index contributed by atoms with van der Waals surface area (Å²) in [6, 6.07) is 9.66. The van der Waals surface area contributed by atoms with Gasteiger partial charge in [0.05, 0.1) is 18.1 Å². The van der Waals surface area contributed by atoms with Gasteiger partial charge in [0.2, 0.25) is 5.91 Å². The van der Waals surface area contributed by atoms with Crippen molar-refractivity contribution in [1.29, 1.82) is 0 Å². The summed E-state index contributed by atoms with van der Waals surface area (Å²) >= 11 is 0. The number of aromatic amines is 1. The van der Waals surface area contributed by atoms with Gasteiger partial charge in [-0.2, -0.15) is 0 Å². The molecule has 2 aromatic carbocycles. The number of benzene rings is 2. The molecule has 0 radical (unpaired) electrons. The van der Waals surface area contributed by atoms with Crippen LogP contribution in [0.4, 0.5) is 5.69 Å². The van der Waals surface area contributed by atoms with Gasteiger partial charge in [0, 0.05) is 55.3 Å². The molecule has 5 rings (SSSR count). The fraction of sp³-hybridized carbons (Fsp3) is 0.308. The van der Waals surface area contributed by atoms with E-state index in [0.717, 1.165) is 59.8 Å². The molecule has 1 amide bonds. The molecule has 3 heterocycles. The zero-order valence-electron chi connectivity index (χ0n) is 20.5. The van der Waals surface area contributed by atoms with Crippen LogP contribution in [0.1, 0.15) is 25.8 Å². The molecule has 10 heteroatoms. The van der Waals surface area contributed by atoms with Gasteiger partial charge in [-0.1, -0.05) is 0 Å². The second-order valence-corrected chi connectivity index (χ2v) is 8.61. The van der Waals surface area contributed by atoms with Crippen LogP contribution < -0.4 is 20.9 Å². The molecule has 0 unspecified atom stereocenters. The summed E-state index contributed by atoms with van der Waals surface area (Å²) in [6.07, 6.45) is 3.57. The third kappa shape index (κ3) is 4.80. The molecule has 1 aliphatic rings. The molecule has 0 spiro atoms. The number of carboxylic acid groups (broad SMARTS) is 1. The number of carbonyl (C=O) groups is 2. The average Bonchev–Trinajstić information content (AvgIpc) is 3.41. The summed E-state index contributed by atoms with van der Waals surface area (Å²) in [5.41, 5.74) is 10.8. The Morgan fingerprint density at radius 2 is 1.97 bits per heavy atom. The lowest BCUT2D eigenvalue weighted by atomic mass is 10.1. The van der Waals surface area contributed by atoms with Crippen molar-refractivity contribution in [3.8, 4) is 17.0 Å². The van der Waals surface area contributed by atoms with E-state index in [1.807, 2.05) is 36.5 Å². The monoisotopic (exact) mass is 491 g/mol. The van der Waals surface area contributed by atoms with E-state index in [1.54, 1.807) is 18.9 Å². The predicted octanol–water partition coefficient (Wildman–Crippen LogP) is 2.90. The number of ether oxygens (including phenoxy) is 1. The smallest absolute Gasteiger partial charge is 0.300 e. The highest BCUT2D eigenvalue weighted by molar-refractivity contribution is 5.98. The number of carboxylic acids is 1. The first kappa shape index (κ1) is 24.9. The van der Waals surface area contributed by atoms with E-state index in [9.17, 15) is 9.59 Å². The summed E-state index contributed by atoms with van der Waals surface area (Å²) in [4.78, 5) is 43.5. The number of methoxy groups -OCH3 is 1. The molecular formula is C26H29N5O5. The number of hydrogen-bond acceptors (Lipinski definition) is 6. The molecule has 10 nitrogen and oxygen atoms in total. The fourth-order valence-corrected chi connectivity index (χ4v) is 4.52. The Labute approximate surface area is 207 Å². The molecule has 0 saturated carbocycles. The fourth-order valence-electron chi connectivity index (χ4n) is 4.52. The van der Waals surface area contributed by atoms with Crippen LogP contribution >= 0.6 is 0 Å². The minimum Gasteiger partial charge on any atom is -0.497 e. The predicted molar refractivity (Wildman–Crippen MR) is 139 cm³/mol. The number of fused-ring (bicyclic) bond motifs is 3. The number of nitrogens with one attached hydrogen (secondary N) is 1. The third-order valence-electron chi connectivity index (χ3n) is 6.11. The molecule has 0 atom stereocenters. The van der Waals surface area contributed by atoms with Gasteiger partial charge >= 0.3 is 0 Å². The molecule has 0 saturated heterocycles. The van der Waals surface area contributed by atoms with E-state index >= 15 is 0 Å². The summed E-state index contributed by atoms with van der Waals surface area (Å²) in [5, 5.41) is 8.32. The number of amides is 1. The quantitative estimate of drug-likeness (QED) is 0.389. The van der Waals surface area contributed by atoms with Gasteiger partial charge in [-0.25, -0.2) is 4.98 Å². The van der Waals surface area contributed by atoms with Gasteiger partial charge in [-0.15, -0.1) is 0 Å². The lowest BCUT2D eigenvalue weighted by Crippen LogP contribution is -2.25. The van der Waals surface area contributed by atoms with E-state index in [0.29, 0.717) is 29.8 Å². The van der Waals surface area contributed by atoms with Crippen LogP contribution in [0.5, 0.6) is 5.75 Å². The normalized spacial score (nSPS) is 12.4. The number of nitrogens with zero attached hydrogens (tertiary/aromatic N) is 3. The largest absolute Gasteiger partial charge is 0.497 e. The highest BCUT2D eigenvalue weighted by atomic mass is 16.5. The molecule has 0 fully saturated rings. The van der Waals surface area contributed by atoms with E-state index in [2.05, 4.69) is 9.55 Å². The van der Waals surface area contributed by atoms with E-state index < -0.39 is 5.97 Å². The summed E-state index contributed by atoms with van der Waals surface area (Å²) in [5.74, 6) is -0.121. The maximum atomic E-state index is 13.1. The molecule has 36 heavy (non-hydrogen) atoms. The Balaban J connectivity index is 0.000000709. The van der Waals surface area contributed by atoms with E-state index in [1.165, 1.54) is 0 Å². The number of H-pyrrole nitrogens is 1. The van der Waals surface area contributed by atoms with Crippen molar-refractivity contribution in [2.24, 2.45) is 5.73 Å². The Bertz CT molecular complexity index is 1520. The van der Waals surface area contributed by atoms with Crippen LogP contribution in [0.15, 0.2) is 41.3 Å².